The molecule has 3 aromatic rings. The van der Waals surface area contributed by atoms with E-state index < -0.39 is 0 Å². The van der Waals surface area contributed by atoms with Gasteiger partial charge in [-0.05, 0) is 86.8 Å². The molecule has 1 unspecified atom stereocenters. The highest BCUT2D eigenvalue weighted by atomic mass is 16.5. The molecule has 0 spiro atoms. The molecule has 1 saturated heterocycles. The van der Waals surface area contributed by atoms with Crippen LogP contribution < -0.4 is 10.6 Å². The van der Waals surface area contributed by atoms with Crippen LogP contribution >= 0.6 is 0 Å². The van der Waals surface area contributed by atoms with Crippen LogP contribution in [0.15, 0.2) is 71.8 Å². The number of hydrogen-bond acceptors (Lipinski definition) is 6. The van der Waals surface area contributed by atoms with Crippen molar-refractivity contribution in [2.45, 2.75) is 57.9 Å². The zero-order valence-corrected chi connectivity index (χ0v) is 23.0. The zero-order chi connectivity index (χ0) is 27.0. The second-order valence-corrected chi connectivity index (χ2v) is 10.5. The lowest BCUT2D eigenvalue weighted by Gasteiger charge is -2.21. The lowest BCUT2D eigenvalue weighted by atomic mass is 9.89. The predicted octanol–water partition coefficient (Wildman–Crippen LogP) is 7.43. The van der Waals surface area contributed by atoms with Crippen LogP contribution in [0.3, 0.4) is 0 Å². The second kappa shape index (κ2) is 12.9. The molecular formula is C33H38N4O2. The van der Waals surface area contributed by atoms with Gasteiger partial charge in [0.15, 0.2) is 5.82 Å². The highest BCUT2D eigenvalue weighted by Gasteiger charge is 2.27. The molecule has 1 aliphatic carbocycles. The first-order valence-electron chi connectivity index (χ1n) is 14.1. The quantitative estimate of drug-likeness (QED) is 0.106. The largest absolute Gasteiger partial charge is 0.466 e. The standard InChI is InChI=1S/C33H38N4O2/c1-23-28-13-9-10-14-29(28)37-33(35-26-18-15-24(16-19-26)17-20-31(38)39-2)32(23)36-30(21-27-22-34-27)25-11-7-5-3-4-6-8-12-25/h3-4,9-10,13-20,25,27,34H,5-8,11-12,21-22H2,1-2H3,(H,35,37)/b4-3-,20-17+,36-30?. The van der Waals surface area contributed by atoms with Gasteiger partial charge in [0.2, 0.25) is 0 Å². The van der Waals surface area contributed by atoms with Crippen molar-refractivity contribution in [1.82, 2.24) is 10.3 Å². The summed E-state index contributed by atoms with van der Waals surface area (Å²) in [6, 6.07) is 16.7. The highest BCUT2D eigenvalue weighted by molar-refractivity contribution is 5.96. The van der Waals surface area contributed by atoms with E-state index >= 15 is 0 Å². The number of fused-ring (bicyclic) bond motifs is 1. The number of ether oxygens (including phenoxy) is 1. The number of carbonyl (C=O) groups is 1. The monoisotopic (exact) mass is 522 g/mol. The van der Waals surface area contributed by atoms with Gasteiger partial charge in [-0.15, -0.1) is 0 Å². The number of esters is 1. The number of benzene rings is 2. The summed E-state index contributed by atoms with van der Waals surface area (Å²) in [5.41, 5.74) is 6.17. The van der Waals surface area contributed by atoms with Crippen LogP contribution in [0.1, 0.15) is 56.1 Å². The Morgan fingerprint density at radius 3 is 2.51 bits per heavy atom. The van der Waals surface area contributed by atoms with E-state index in [1.165, 1.54) is 44.6 Å². The summed E-state index contributed by atoms with van der Waals surface area (Å²) in [5.74, 6) is 0.894. The summed E-state index contributed by atoms with van der Waals surface area (Å²) in [5, 5.41) is 8.19. The Kier molecular flexibility index (Phi) is 8.84. The van der Waals surface area contributed by atoms with Gasteiger partial charge in [-0.3, -0.25) is 4.99 Å². The molecule has 0 radical (unpaired) electrons. The van der Waals surface area contributed by atoms with E-state index in [9.17, 15) is 4.79 Å². The fraction of sp³-hybridized carbons (Fsp3) is 0.364. The Labute approximate surface area is 231 Å². The van der Waals surface area contributed by atoms with Gasteiger partial charge in [0.1, 0.15) is 5.69 Å². The Balaban J connectivity index is 1.51. The number of aliphatic imine (C=N–C) groups is 1. The highest BCUT2D eigenvalue weighted by Crippen LogP contribution is 2.37. The molecule has 1 fully saturated rings. The summed E-state index contributed by atoms with van der Waals surface area (Å²) >= 11 is 0. The Hall–Kier alpha value is -3.77. The molecule has 2 heterocycles. The Morgan fingerprint density at radius 1 is 1.10 bits per heavy atom. The summed E-state index contributed by atoms with van der Waals surface area (Å²) in [4.78, 5) is 21.9. The maximum absolute atomic E-state index is 11.4. The van der Waals surface area contributed by atoms with E-state index in [0.29, 0.717) is 12.0 Å². The fourth-order valence-corrected chi connectivity index (χ4v) is 5.24. The normalized spacial score (nSPS) is 19.3. The van der Waals surface area contributed by atoms with Gasteiger partial charge in [-0.25, -0.2) is 9.78 Å². The van der Waals surface area contributed by atoms with E-state index in [0.717, 1.165) is 65.0 Å². The minimum Gasteiger partial charge on any atom is -0.466 e. The van der Waals surface area contributed by atoms with Crippen molar-refractivity contribution < 1.29 is 9.53 Å². The zero-order valence-electron chi connectivity index (χ0n) is 23.0. The molecule has 6 nitrogen and oxygen atoms in total. The first-order valence-corrected chi connectivity index (χ1v) is 14.1. The number of aryl methyl sites for hydroxylation is 1. The van der Waals surface area contributed by atoms with E-state index in [1.54, 1.807) is 6.08 Å². The molecular weight excluding hydrogens is 484 g/mol. The molecule has 2 aromatic carbocycles. The molecule has 1 aliphatic heterocycles. The maximum atomic E-state index is 11.4. The molecule has 0 saturated carbocycles. The number of carbonyl (C=O) groups excluding carboxylic acids is 1. The van der Waals surface area contributed by atoms with Crippen molar-refractivity contribution in [2.75, 3.05) is 19.0 Å². The van der Waals surface area contributed by atoms with Crippen LogP contribution in [0.25, 0.3) is 17.0 Å². The molecule has 2 aliphatic rings. The van der Waals surface area contributed by atoms with Crippen molar-refractivity contribution in [1.29, 1.82) is 0 Å². The first kappa shape index (κ1) is 26.8. The van der Waals surface area contributed by atoms with Crippen molar-refractivity contribution in [2.24, 2.45) is 10.9 Å². The first-order chi connectivity index (χ1) is 19.1. The number of pyridine rings is 1. The van der Waals surface area contributed by atoms with Crippen molar-refractivity contribution in [3.8, 4) is 0 Å². The summed E-state index contributed by atoms with van der Waals surface area (Å²) < 4.78 is 4.69. The van der Waals surface area contributed by atoms with Crippen LogP contribution in [-0.4, -0.2) is 36.4 Å². The lowest BCUT2D eigenvalue weighted by molar-refractivity contribution is -0.134. The third kappa shape index (κ3) is 7.21. The molecule has 0 amide bonds. The SMILES string of the molecule is COC(=O)/C=C/c1ccc(Nc2nc3ccccc3c(C)c2N=C(CC2CN2)C2CCC/C=C\CCC2)cc1. The number of allylic oxidation sites excluding steroid dienone is 2. The van der Waals surface area contributed by atoms with Gasteiger partial charge >= 0.3 is 5.97 Å². The van der Waals surface area contributed by atoms with Crippen molar-refractivity contribution >= 4 is 45.9 Å². The van der Waals surface area contributed by atoms with Gasteiger partial charge in [0.25, 0.3) is 0 Å². The average molecular weight is 523 g/mol. The number of methoxy groups -OCH3 is 1. The molecule has 0 bridgehead atoms. The smallest absolute Gasteiger partial charge is 0.330 e. The molecule has 2 N–H and O–H groups in total. The number of nitrogens with zero attached hydrogens (tertiary/aromatic N) is 2. The van der Waals surface area contributed by atoms with E-state index in [1.807, 2.05) is 30.3 Å². The van der Waals surface area contributed by atoms with Crippen LogP contribution in [0.4, 0.5) is 17.2 Å². The van der Waals surface area contributed by atoms with Crippen molar-refractivity contribution in [3.05, 3.63) is 77.9 Å². The van der Waals surface area contributed by atoms with Gasteiger partial charge < -0.3 is 15.4 Å². The third-order valence-electron chi connectivity index (χ3n) is 7.59. The van der Waals surface area contributed by atoms with Gasteiger partial charge in [-0.2, -0.15) is 0 Å². The fourth-order valence-electron chi connectivity index (χ4n) is 5.24. The molecule has 1 aromatic heterocycles. The summed E-state index contributed by atoms with van der Waals surface area (Å²) in [6.45, 7) is 3.24. The van der Waals surface area contributed by atoms with Crippen LogP contribution in [0.5, 0.6) is 0 Å². The minimum atomic E-state index is -0.371. The van der Waals surface area contributed by atoms with E-state index in [2.05, 4.69) is 47.9 Å². The maximum Gasteiger partial charge on any atom is 0.330 e. The third-order valence-corrected chi connectivity index (χ3v) is 7.59. The Morgan fingerprint density at radius 2 is 1.82 bits per heavy atom. The van der Waals surface area contributed by atoms with Gasteiger partial charge in [0, 0.05) is 41.9 Å². The number of hydrogen-bond donors (Lipinski definition) is 2. The number of para-hydroxylation sites is 1. The number of rotatable bonds is 8. The van der Waals surface area contributed by atoms with Crippen LogP contribution in [-0.2, 0) is 9.53 Å². The number of nitrogens with one attached hydrogen (secondary N) is 2. The second-order valence-electron chi connectivity index (χ2n) is 10.5. The number of aromatic nitrogens is 1. The summed E-state index contributed by atoms with van der Waals surface area (Å²) in [7, 11) is 1.38. The molecule has 39 heavy (non-hydrogen) atoms. The topological polar surface area (TPSA) is 85.5 Å². The van der Waals surface area contributed by atoms with Crippen LogP contribution in [0, 0.1) is 12.8 Å². The molecule has 5 rings (SSSR count). The minimum absolute atomic E-state index is 0.371. The molecule has 202 valence electrons. The van der Waals surface area contributed by atoms with E-state index in [-0.39, 0.29) is 5.97 Å². The van der Waals surface area contributed by atoms with Crippen molar-refractivity contribution in [3.63, 3.8) is 0 Å². The predicted molar refractivity (Wildman–Crippen MR) is 161 cm³/mol. The van der Waals surface area contributed by atoms with Gasteiger partial charge in [0.05, 0.1) is 12.6 Å². The molecule has 1 atom stereocenters. The lowest BCUT2D eigenvalue weighted by Crippen LogP contribution is -2.18. The average Bonchev–Trinajstić information content (AvgIpc) is 3.76. The van der Waals surface area contributed by atoms with Crippen LogP contribution in [0.2, 0.25) is 0 Å². The number of anilines is 2. The summed E-state index contributed by atoms with van der Waals surface area (Å²) in [6.07, 6.45) is 15.9. The molecule has 6 heteroatoms. The van der Waals surface area contributed by atoms with Gasteiger partial charge in [-0.1, -0.05) is 42.5 Å². The van der Waals surface area contributed by atoms with E-state index in [4.69, 9.17) is 14.7 Å². The Bertz CT molecular complexity index is 1370.